The molecule has 0 saturated heterocycles. The van der Waals surface area contributed by atoms with Crippen molar-refractivity contribution >= 4 is 29.1 Å². The number of anilines is 3. The molecule has 0 fully saturated rings. The fourth-order valence-electron chi connectivity index (χ4n) is 2.60. The number of rotatable bonds is 10. The van der Waals surface area contributed by atoms with Gasteiger partial charge in [0.2, 0.25) is 5.95 Å². The molecule has 12 heteroatoms. The molecule has 8 nitrogen and oxygen atoms in total. The molecule has 0 unspecified atom stereocenters. The first-order valence-electron chi connectivity index (χ1n) is 10.1. The van der Waals surface area contributed by atoms with E-state index in [9.17, 15) is 27.5 Å². The van der Waals surface area contributed by atoms with Gasteiger partial charge in [0.15, 0.2) is 11.6 Å². The summed E-state index contributed by atoms with van der Waals surface area (Å²) in [4.78, 5) is 20.0. The first-order valence-corrected chi connectivity index (χ1v) is 10.1. The summed E-state index contributed by atoms with van der Waals surface area (Å²) < 4.78 is 52.9. The fraction of sp³-hybridized carbons (Fsp3) is 0.429. The van der Waals surface area contributed by atoms with Crippen molar-refractivity contribution in [2.75, 3.05) is 17.2 Å². The molecule has 1 amide bonds. The Labute approximate surface area is 188 Å². The van der Waals surface area contributed by atoms with Gasteiger partial charge in [0, 0.05) is 12.1 Å². The van der Waals surface area contributed by atoms with E-state index in [-0.39, 0.29) is 30.8 Å². The number of halogens is 4. The maximum atomic E-state index is 14.0. The Hall–Kier alpha value is -3.28. The average molecular weight is 470 g/mol. The van der Waals surface area contributed by atoms with Crippen LogP contribution in [0.5, 0.6) is 0 Å². The summed E-state index contributed by atoms with van der Waals surface area (Å²) in [5.41, 5.74) is -2.07. The third-order valence-electron chi connectivity index (χ3n) is 4.77. The smallest absolute Gasteiger partial charge is 0.394 e. The average Bonchev–Trinajstić information content (AvgIpc) is 2.73. The minimum absolute atomic E-state index is 0.0589. The van der Waals surface area contributed by atoms with Gasteiger partial charge in [-0.3, -0.25) is 10.2 Å². The number of benzene rings is 1. The van der Waals surface area contributed by atoms with Crippen LogP contribution in [0.1, 0.15) is 32.8 Å². The summed E-state index contributed by atoms with van der Waals surface area (Å²) >= 11 is 0. The highest BCUT2D eigenvalue weighted by Crippen LogP contribution is 2.29. The van der Waals surface area contributed by atoms with Crippen LogP contribution in [0.3, 0.4) is 0 Å². The zero-order valence-electron chi connectivity index (χ0n) is 18.3. The highest BCUT2D eigenvalue weighted by molar-refractivity contribution is 6.38. The first-order chi connectivity index (χ1) is 15.4. The van der Waals surface area contributed by atoms with Gasteiger partial charge in [0.25, 0.3) is 5.91 Å². The Bertz CT molecular complexity index is 993. The molecule has 0 aliphatic heterocycles. The van der Waals surface area contributed by atoms with Gasteiger partial charge in [-0.2, -0.15) is 18.2 Å². The van der Waals surface area contributed by atoms with Gasteiger partial charge in [-0.15, -0.1) is 0 Å². The molecule has 2 rings (SSSR count). The number of hydrogen-bond acceptors (Lipinski definition) is 7. The zero-order valence-corrected chi connectivity index (χ0v) is 18.3. The molecule has 0 radical (unpaired) electrons. The molecular formula is C21H26F4N6O2. The lowest BCUT2D eigenvalue weighted by molar-refractivity contribution is -0.187. The number of aromatic nitrogens is 2. The summed E-state index contributed by atoms with van der Waals surface area (Å²) in [5, 5.41) is 24.6. The van der Waals surface area contributed by atoms with Crippen LogP contribution < -0.4 is 16.0 Å². The summed E-state index contributed by atoms with van der Waals surface area (Å²) in [6, 6.07) is 6.05. The van der Waals surface area contributed by atoms with Gasteiger partial charge >= 0.3 is 6.18 Å². The van der Waals surface area contributed by atoms with E-state index < -0.39 is 29.2 Å². The number of carbonyl (C=O) groups is 1. The maximum absolute atomic E-state index is 14.0. The summed E-state index contributed by atoms with van der Waals surface area (Å²) in [7, 11) is 0. The standard InChI is InChI=1S/C21H26F4N6O2/c1-4-13(11-32)28-17-15(22)10-27-19(30-17)29-14-7-5-6-12(8-14)9-16(26)18(33)31-20(2,3)21(23,24)25/h5-8,10,13,26,32H,4,9,11H2,1-3H3,(H,31,33)(H2,27,28,29,30)/t13-/m0/s1. The monoisotopic (exact) mass is 470 g/mol. The molecule has 1 heterocycles. The molecule has 2 aromatic rings. The number of alkyl halides is 3. The largest absolute Gasteiger partial charge is 0.410 e. The van der Waals surface area contributed by atoms with E-state index >= 15 is 0 Å². The number of aliphatic hydroxyl groups excluding tert-OH is 1. The number of hydrogen-bond donors (Lipinski definition) is 5. The second kappa shape index (κ2) is 10.6. The second-order valence-corrected chi connectivity index (χ2v) is 7.88. The molecule has 1 aromatic carbocycles. The predicted molar refractivity (Wildman–Crippen MR) is 116 cm³/mol. The van der Waals surface area contributed by atoms with Crippen molar-refractivity contribution in [2.45, 2.75) is 51.4 Å². The number of nitrogens with one attached hydrogen (secondary N) is 4. The van der Waals surface area contributed by atoms with E-state index in [0.29, 0.717) is 17.7 Å². The van der Waals surface area contributed by atoms with Crippen molar-refractivity contribution < 1.29 is 27.5 Å². The van der Waals surface area contributed by atoms with Crippen LogP contribution in [0.15, 0.2) is 30.5 Å². The molecular weight excluding hydrogens is 444 g/mol. The third kappa shape index (κ3) is 7.11. The summed E-state index contributed by atoms with van der Waals surface area (Å²) in [6.07, 6.45) is -3.36. The Morgan fingerprint density at radius 1 is 1.27 bits per heavy atom. The van der Waals surface area contributed by atoms with Gasteiger partial charge in [0.05, 0.1) is 18.8 Å². The second-order valence-electron chi connectivity index (χ2n) is 7.88. The molecule has 5 N–H and O–H groups in total. The lowest BCUT2D eigenvalue weighted by atomic mass is 10.0. The number of carbonyl (C=O) groups excluding carboxylic acids is 1. The zero-order chi connectivity index (χ0) is 24.8. The van der Waals surface area contributed by atoms with Gasteiger partial charge in [-0.05, 0) is 38.0 Å². The van der Waals surface area contributed by atoms with E-state index in [1.54, 1.807) is 24.3 Å². The van der Waals surface area contributed by atoms with Crippen LogP contribution in [0.25, 0.3) is 0 Å². The number of aliphatic hydroxyl groups is 1. The molecule has 1 atom stereocenters. The molecule has 0 bridgehead atoms. The van der Waals surface area contributed by atoms with Crippen molar-refractivity contribution in [1.29, 1.82) is 5.41 Å². The number of nitrogens with zero attached hydrogens (tertiary/aromatic N) is 2. The van der Waals surface area contributed by atoms with Crippen molar-refractivity contribution in [2.24, 2.45) is 0 Å². The normalized spacial score (nSPS) is 12.7. The quantitative estimate of drug-likeness (QED) is 0.267. The van der Waals surface area contributed by atoms with Crippen LogP contribution in [0.4, 0.5) is 35.0 Å². The summed E-state index contributed by atoms with van der Waals surface area (Å²) in [5.74, 6) is -1.84. The lowest BCUT2D eigenvalue weighted by Crippen LogP contribution is -2.56. The molecule has 180 valence electrons. The van der Waals surface area contributed by atoms with Crippen LogP contribution in [0, 0.1) is 11.2 Å². The Balaban J connectivity index is 2.09. The van der Waals surface area contributed by atoms with E-state index in [0.717, 1.165) is 20.0 Å². The Morgan fingerprint density at radius 3 is 2.58 bits per heavy atom. The fourth-order valence-corrected chi connectivity index (χ4v) is 2.60. The van der Waals surface area contributed by atoms with E-state index in [4.69, 9.17) is 5.41 Å². The van der Waals surface area contributed by atoms with Gasteiger partial charge < -0.3 is 21.1 Å². The maximum Gasteiger partial charge on any atom is 0.410 e. The number of amides is 1. The SMILES string of the molecule is CC[C@@H](CO)Nc1nc(Nc2cccc(CC(=N)C(=O)NC(C)(C)C(F)(F)F)c2)ncc1F. The molecule has 0 saturated carbocycles. The van der Waals surface area contributed by atoms with Gasteiger partial charge in [-0.25, -0.2) is 9.37 Å². The van der Waals surface area contributed by atoms with Crippen LogP contribution in [-0.2, 0) is 11.2 Å². The van der Waals surface area contributed by atoms with E-state index in [1.165, 1.54) is 0 Å². The molecule has 1 aromatic heterocycles. The molecule has 0 spiro atoms. The van der Waals surface area contributed by atoms with Crippen molar-refractivity contribution in [3.8, 4) is 0 Å². The third-order valence-corrected chi connectivity index (χ3v) is 4.77. The minimum atomic E-state index is -4.66. The topological polar surface area (TPSA) is 123 Å². The van der Waals surface area contributed by atoms with Crippen molar-refractivity contribution in [1.82, 2.24) is 15.3 Å². The Morgan fingerprint density at radius 2 is 1.97 bits per heavy atom. The summed E-state index contributed by atoms with van der Waals surface area (Å²) in [6.45, 7) is 3.25. The Kier molecular flexibility index (Phi) is 8.31. The highest BCUT2D eigenvalue weighted by Gasteiger charge is 2.48. The van der Waals surface area contributed by atoms with Gasteiger partial charge in [0.1, 0.15) is 11.3 Å². The van der Waals surface area contributed by atoms with Crippen LogP contribution in [0.2, 0.25) is 0 Å². The molecule has 0 aliphatic rings. The minimum Gasteiger partial charge on any atom is -0.394 e. The predicted octanol–water partition coefficient (Wildman–Crippen LogP) is 3.56. The van der Waals surface area contributed by atoms with E-state index in [1.807, 2.05) is 12.2 Å². The van der Waals surface area contributed by atoms with Crippen molar-refractivity contribution in [3.05, 3.63) is 41.8 Å². The van der Waals surface area contributed by atoms with Crippen LogP contribution in [-0.4, -0.2) is 51.1 Å². The molecule has 0 aliphatic carbocycles. The van der Waals surface area contributed by atoms with Crippen LogP contribution >= 0.6 is 0 Å². The highest BCUT2D eigenvalue weighted by atomic mass is 19.4. The van der Waals surface area contributed by atoms with Gasteiger partial charge in [-0.1, -0.05) is 19.1 Å². The van der Waals surface area contributed by atoms with E-state index in [2.05, 4.69) is 20.6 Å². The van der Waals surface area contributed by atoms with Crippen molar-refractivity contribution in [3.63, 3.8) is 0 Å². The molecule has 33 heavy (non-hydrogen) atoms. The first kappa shape index (κ1) is 26.0. The lowest BCUT2D eigenvalue weighted by Gasteiger charge is -2.28.